The first-order valence-electron chi connectivity index (χ1n) is 12.9. The Bertz CT molecular complexity index is 1830. The smallest absolute Gasteiger partial charge is 0.254 e. The van der Waals surface area contributed by atoms with E-state index in [1.54, 1.807) is 62.5 Å². The minimum atomic E-state index is -0.773. The van der Waals surface area contributed by atoms with Crippen LogP contribution in [-0.2, 0) is 13.1 Å². The van der Waals surface area contributed by atoms with Gasteiger partial charge in [-0.2, -0.15) is 9.78 Å². The number of Topliss-reactive ketones (excluding diaryl/α,β-unsaturated/α-hetero) is 1. The van der Waals surface area contributed by atoms with Gasteiger partial charge in [0.05, 0.1) is 28.0 Å². The van der Waals surface area contributed by atoms with Gasteiger partial charge in [0.2, 0.25) is 5.78 Å². The third-order valence-electron chi connectivity index (χ3n) is 6.29. The Kier molecular flexibility index (Phi) is 8.35. The first-order chi connectivity index (χ1) is 20.0. The molecule has 5 rings (SSSR count). The lowest BCUT2D eigenvalue weighted by Gasteiger charge is -2.18. The second kappa shape index (κ2) is 12.0. The number of halogens is 1. The molecule has 0 unspecified atom stereocenters. The fourth-order valence-electron chi connectivity index (χ4n) is 4.20. The van der Waals surface area contributed by atoms with Crippen molar-refractivity contribution in [1.29, 1.82) is 0 Å². The molecule has 0 bridgehead atoms. The van der Waals surface area contributed by atoms with E-state index in [1.807, 2.05) is 6.07 Å². The van der Waals surface area contributed by atoms with Gasteiger partial charge in [0.1, 0.15) is 17.2 Å². The number of hydrogen-bond acceptors (Lipinski definition) is 9. The predicted octanol–water partition coefficient (Wildman–Crippen LogP) is 6.30. The Morgan fingerprint density at radius 3 is 2.48 bits per heavy atom. The molecule has 5 heterocycles. The van der Waals surface area contributed by atoms with Crippen molar-refractivity contribution in [3.8, 4) is 11.3 Å². The maximum Gasteiger partial charge on any atom is 0.254 e. The summed E-state index contributed by atoms with van der Waals surface area (Å²) in [5.41, 5.74) is -0.691. The highest BCUT2D eigenvalue weighted by Gasteiger charge is 2.29. The molecule has 0 saturated heterocycles. The number of nitrogens with one attached hydrogen (secondary N) is 1. The molecule has 0 aliphatic rings. The van der Waals surface area contributed by atoms with Gasteiger partial charge in [0.25, 0.3) is 11.5 Å². The SMILES string of the molecule is CC(C)(C)C(=O)n1nc(-c2ccc(=O)n(CC(=O)c3cccs3)c2C(=O)c2ccccn2)cc1NCc1ccc(Cl)s1. The maximum atomic E-state index is 13.9. The molecule has 0 atom stereocenters. The zero-order chi connectivity index (χ0) is 30.0. The Balaban J connectivity index is 1.66. The van der Waals surface area contributed by atoms with Crippen LogP contribution in [0.25, 0.3) is 11.3 Å². The standard InChI is InChI=1S/C30H26ClN5O4S2/c1-30(2,3)29(40)36-25(33-16-18-9-11-24(31)42-18)15-21(34-36)19-10-12-26(38)35(17-22(37)23-8-6-14-41-23)27(19)28(39)20-7-4-5-13-32-20/h4-15,33H,16-17H2,1-3H3. The van der Waals surface area contributed by atoms with Crippen molar-refractivity contribution in [2.75, 3.05) is 5.32 Å². The van der Waals surface area contributed by atoms with Gasteiger partial charge in [-0.05, 0) is 41.8 Å². The number of hydrogen-bond donors (Lipinski definition) is 1. The summed E-state index contributed by atoms with van der Waals surface area (Å²) in [4.78, 5) is 59.3. The molecular weight excluding hydrogens is 594 g/mol. The third kappa shape index (κ3) is 6.18. The Hall–Kier alpha value is -4.19. The summed E-state index contributed by atoms with van der Waals surface area (Å²) >= 11 is 8.75. The Labute approximate surface area is 254 Å². The fraction of sp³-hybridized carbons (Fsp3) is 0.200. The number of pyridine rings is 2. The van der Waals surface area contributed by atoms with E-state index in [2.05, 4.69) is 15.4 Å². The van der Waals surface area contributed by atoms with Gasteiger partial charge < -0.3 is 5.32 Å². The van der Waals surface area contributed by atoms with E-state index in [4.69, 9.17) is 11.6 Å². The van der Waals surface area contributed by atoms with Crippen molar-refractivity contribution in [2.24, 2.45) is 5.41 Å². The van der Waals surface area contributed by atoms with E-state index in [-0.39, 0.29) is 40.9 Å². The quantitative estimate of drug-likeness (QED) is 0.193. The van der Waals surface area contributed by atoms with Crippen LogP contribution in [0.5, 0.6) is 0 Å². The van der Waals surface area contributed by atoms with Crippen LogP contribution >= 0.6 is 34.3 Å². The molecule has 0 spiro atoms. The van der Waals surface area contributed by atoms with Gasteiger partial charge in [-0.25, -0.2) is 0 Å². The van der Waals surface area contributed by atoms with E-state index in [0.29, 0.717) is 21.6 Å². The average molecular weight is 620 g/mol. The molecule has 0 aromatic carbocycles. The lowest BCUT2D eigenvalue weighted by Crippen LogP contribution is -2.30. The molecule has 9 nitrogen and oxygen atoms in total. The van der Waals surface area contributed by atoms with Crippen LogP contribution in [-0.4, -0.2) is 36.8 Å². The molecule has 214 valence electrons. The van der Waals surface area contributed by atoms with Crippen LogP contribution in [0.3, 0.4) is 0 Å². The molecule has 1 N–H and O–H groups in total. The Morgan fingerprint density at radius 2 is 1.83 bits per heavy atom. The summed E-state index contributed by atoms with van der Waals surface area (Å²) in [5.74, 6) is -0.746. The minimum absolute atomic E-state index is 0.0458. The first-order valence-corrected chi connectivity index (χ1v) is 15.0. The molecular formula is C30H26ClN5O4S2. The van der Waals surface area contributed by atoms with Gasteiger partial charge in [0, 0.05) is 34.2 Å². The number of rotatable bonds is 9. The number of ketones is 2. The van der Waals surface area contributed by atoms with Gasteiger partial charge in [-0.15, -0.1) is 22.7 Å². The van der Waals surface area contributed by atoms with E-state index in [0.717, 1.165) is 9.44 Å². The number of carbonyl (C=O) groups excluding carboxylic acids is 3. The largest absolute Gasteiger partial charge is 0.365 e. The highest BCUT2D eigenvalue weighted by Crippen LogP contribution is 2.30. The summed E-state index contributed by atoms with van der Waals surface area (Å²) in [6, 6.07) is 16.4. The van der Waals surface area contributed by atoms with Crippen molar-refractivity contribution < 1.29 is 14.4 Å². The summed E-state index contributed by atoms with van der Waals surface area (Å²) in [6.45, 7) is 5.38. The molecule has 0 aliphatic carbocycles. The zero-order valence-electron chi connectivity index (χ0n) is 23.0. The van der Waals surface area contributed by atoms with E-state index in [9.17, 15) is 19.2 Å². The third-order valence-corrected chi connectivity index (χ3v) is 8.43. The monoisotopic (exact) mass is 619 g/mol. The van der Waals surface area contributed by atoms with Crippen LogP contribution in [0, 0.1) is 5.41 Å². The first kappa shape index (κ1) is 29.3. The zero-order valence-corrected chi connectivity index (χ0v) is 25.3. The second-order valence-corrected chi connectivity index (χ2v) is 13.2. The maximum absolute atomic E-state index is 13.9. The van der Waals surface area contributed by atoms with Gasteiger partial charge >= 0.3 is 0 Å². The number of thiophene rings is 2. The van der Waals surface area contributed by atoms with Crippen molar-refractivity contribution in [3.63, 3.8) is 0 Å². The van der Waals surface area contributed by atoms with E-state index in [1.165, 1.54) is 51.8 Å². The number of carbonyl (C=O) groups is 3. The molecule has 0 amide bonds. The predicted molar refractivity (Wildman–Crippen MR) is 165 cm³/mol. The molecule has 42 heavy (non-hydrogen) atoms. The topological polar surface area (TPSA) is 116 Å². The molecule has 5 aromatic rings. The van der Waals surface area contributed by atoms with Crippen LogP contribution in [0.15, 0.2) is 77.0 Å². The second-order valence-electron chi connectivity index (χ2n) is 10.4. The summed E-state index contributed by atoms with van der Waals surface area (Å²) in [7, 11) is 0. The van der Waals surface area contributed by atoms with Gasteiger partial charge in [0.15, 0.2) is 5.78 Å². The van der Waals surface area contributed by atoms with Crippen molar-refractivity contribution in [1.82, 2.24) is 19.3 Å². The van der Waals surface area contributed by atoms with E-state index < -0.39 is 16.8 Å². The summed E-state index contributed by atoms with van der Waals surface area (Å²) in [5, 5.41) is 9.64. The normalized spacial score (nSPS) is 11.4. The summed E-state index contributed by atoms with van der Waals surface area (Å²) < 4.78 is 3.06. The number of anilines is 1. The van der Waals surface area contributed by atoms with Crippen molar-refractivity contribution in [3.05, 3.63) is 108 Å². The fourth-order valence-corrected chi connectivity index (χ4v) is 5.88. The molecule has 0 fully saturated rings. The molecule has 0 saturated carbocycles. The highest BCUT2D eigenvalue weighted by atomic mass is 35.5. The Morgan fingerprint density at radius 1 is 1.02 bits per heavy atom. The van der Waals surface area contributed by atoms with Crippen LogP contribution < -0.4 is 10.9 Å². The summed E-state index contributed by atoms with van der Waals surface area (Å²) in [6.07, 6.45) is 1.48. The van der Waals surface area contributed by atoms with Crippen LogP contribution in [0.1, 0.15) is 56.3 Å². The lowest BCUT2D eigenvalue weighted by atomic mass is 9.96. The van der Waals surface area contributed by atoms with Crippen LogP contribution in [0.4, 0.5) is 5.82 Å². The highest BCUT2D eigenvalue weighted by molar-refractivity contribution is 7.16. The minimum Gasteiger partial charge on any atom is -0.365 e. The number of aromatic nitrogens is 4. The lowest BCUT2D eigenvalue weighted by molar-refractivity contribution is 0.0752. The average Bonchev–Trinajstić information content (AvgIpc) is 3.73. The van der Waals surface area contributed by atoms with Crippen molar-refractivity contribution >= 4 is 57.6 Å². The van der Waals surface area contributed by atoms with Gasteiger partial charge in [-0.3, -0.25) is 28.7 Å². The van der Waals surface area contributed by atoms with Crippen LogP contribution in [0.2, 0.25) is 4.34 Å². The van der Waals surface area contributed by atoms with Crippen molar-refractivity contribution in [2.45, 2.75) is 33.9 Å². The molecule has 0 aliphatic heterocycles. The molecule has 0 radical (unpaired) electrons. The molecule has 5 aromatic heterocycles. The van der Waals surface area contributed by atoms with Gasteiger partial charge in [-0.1, -0.05) is 44.5 Å². The molecule has 12 heteroatoms. The van der Waals surface area contributed by atoms with E-state index >= 15 is 0 Å². The number of nitrogens with zero attached hydrogens (tertiary/aromatic N) is 4.